The SMILES string of the molecule is NC(=O)COc1ccc(/C=N/NC(=O)c2cccc(C(=O)NO)c2)cc1. The van der Waals surface area contributed by atoms with Gasteiger partial charge in [0, 0.05) is 11.1 Å². The Labute approximate surface area is 148 Å². The highest BCUT2D eigenvalue weighted by Crippen LogP contribution is 2.11. The Balaban J connectivity index is 1.94. The van der Waals surface area contributed by atoms with E-state index in [1.807, 2.05) is 0 Å². The van der Waals surface area contributed by atoms with E-state index in [4.69, 9.17) is 15.7 Å². The highest BCUT2D eigenvalue weighted by molar-refractivity contribution is 5.99. The van der Waals surface area contributed by atoms with Gasteiger partial charge in [0.2, 0.25) is 0 Å². The largest absolute Gasteiger partial charge is 0.484 e. The maximum Gasteiger partial charge on any atom is 0.274 e. The third-order valence-electron chi connectivity index (χ3n) is 3.13. The van der Waals surface area contributed by atoms with Gasteiger partial charge < -0.3 is 10.5 Å². The summed E-state index contributed by atoms with van der Waals surface area (Å²) in [6, 6.07) is 12.4. The first kappa shape index (κ1) is 18.6. The smallest absolute Gasteiger partial charge is 0.274 e. The number of nitrogens with two attached hydrogens (primary N) is 1. The monoisotopic (exact) mass is 356 g/mol. The van der Waals surface area contributed by atoms with Crippen LogP contribution in [0.25, 0.3) is 0 Å². The lowest BCUT2D eigenvalue weighted by Crippen LogP contribution is -2.21. The number of hydrogen-bond acceptors (Lipinski definition) is 6. The van der Waals surface area contributed by atoms with Crippen molar-refractivity contribution in [1.82, 2.24) is 10.9 Å². The molecule has 0 aliphatic heterocycles. The van der Waals surface area contributed by atoms with Crippen LogP contribution >= 0.6 is 0 Å². The summed E-state index contributed by atoms with van der Waals surface area (Å²) in [5, 5.41) is 12.4. The Kier molecular flexibility index (Phi) is 6.40. The lowest BCUT2D eigenvalue weighted by atomic mass is 10.1. The quantitative estimate of drug-likeness (QED) is 0.323. The van der Waals surface area contributed by atoms with Gasteiger partial charge in [-0.15, -0.1) is 0 Å². The van der Waals surface area contributed by atoms with Crippen molar-refractivity contribution in [3.63, 3.8) is 0 Å². The number of nitrogens with zero attached hydrogens (tertiary/aromatic N) is 1. The molecule has 0 fully saturated rings. The molecule has 0 aliphatic rings. The van der Waals surface area contributed by atoms with E-state index in [2.05, 4.69) is 10.5 Å². The van der Waals surface area contributed by atoms with Crippen molar-refractivity contribution in [3.05, 3.63) is 65.2 Å². The van der Waals surface area contributed by atoms with Gasteiger partial charge in [0.05, 0.1) is 6.21 Å². The summed E-state index contributed by atoms with van der Waals surface area (Å²) >= 11 is 0. The molecule has 0 bridgehead atoms. The Morgan fingerprint density at radius 1 is 1.08 bits per heavy atom. The number of benzene rings is 2. The molecule has 3 amide bonds. The van der Waals surface area contributed by atoms with Gasteiger partial charge in [-0.25, -0.2) is 10.9 Å². The second kappa shape index (κ2) is 8.94. The van der Waals surface area contributed by atoms with Crippen LogP contribution in [0.4, 0.5) is 0 Å². The number of hydrogen-bond donors (Lipinski definition) is 4. The summed E-state index contributed by atoms with van der Waals surface area (Å²) in [5.41, 5.74) is 9.84. The zero-order valence-corrected chi connectivity index (χ0v) is 13.5. The van der Waals surface area contributed by atoms with Crippen molar-refractivity contribution in [2.45, 2.75) is 0 Å². The molecule has 2 aromatic rings. The van der Waals surface area contributed by atoms with E-state index in [-0.39, 0.29) is 17.7 Å². The number of rotatable bonds is 7. The lowest BCUT2D eigenvalue weighted by molar-refractivity contribution is -0.119. The van der Waals surface area contributed by atoms with E-state index in [0.29, 0.717) is 11.3 Å². The highest BCUT2D eigenvalue weighted by Gasteiger charge is 2.09. The van der Waals surface area contributed by atoms with Gasteiger partial charge in [0.25, 0.3) is 17.7 Å². The number of ether oxygens (including phenoxy) is 1. The number of carbonyl (C=O) groups is 3. The summed E-state index contributed by atoms with van der Waals surface area (Å²) in [5.74, 6) is -1.33. The van der Waals surface area contributed by atoms with Gasteiger partial charge in [-0.2, -0.15) is 5.10 Å². The molecule has 2 aromatic carbocycles. The number of hydrazone groups is 1. The second-order valence-corrected chi connectivity index (χ2v) is 5.04. The lowest BCUT2D eigenvalue weighted by Gasteiger charge is -2.04. The minimum atomic E-state index is -0.721. The first-order chi connectivity index (χ1) is 12.5. The van der Waals surface area contributed by atoms with Crippen molar-refractivity contribution in [2.75, 3.05) is 6.61 Å². The molecule has 5 N–H and O–H groups in total. The first-order valence-electron chi connectivity index (χ1n) is 7.38. The minimum absolute atomic E-state index is 0.135. The average Bonchev–Trinajstić information content (AvgIpc) is 2.66. The molecule has 9 heteroatoms. The maximum atomic E-state index is 12.0. The number of amides is 3. The molecule has 9 nitrogen and oxygen atoms in total. The molecule has 0 saturated heterocycles. The predicted octanol–water partition coefficient (Wildman–Crippen LogP) is 0.434. The van der Waals surface area contributed by atoms with Crippen molar-refractivity contribution < 1.29 is 24.3 Å². The Morgan fingerprint density at radius 2 is 1.73 bits per heavy atom. The molecular formula is C17H16N4O5. The molecule has 0 unspecified atom stereocenters. The molecule has 2 rings (SSSR count). The molecular weight excluding hydrogens is 340 g/mol. The highest BCUT2D eigenvalue weighted by atomic mass is 16.5. The zero-order valence-electron chi connectivity index (χ0n) is 13.5. The molecule has 0 radical (unpaired) electrons. The molecule has 0 aromatic heterocycles. The van der Waals surface area contributed by atoms with E-state index in [1.165, 1.54) is 36.0 Å². The molecule has 134 valence electrons. The minimum Gasteiger partial charge on any atom is -0.484 e. The van der Waals surface area contributed by atoms with Crippen LogP contribution in [0.1, 0.15) is 26.3 Å². The molecule has 0 aliphatic carbocycles. The number of primary amides is 1. The second-order valence-electron chi connectivity index (χ2n) is 5.04. The Bertz CT molecular complexity index is 833. The summed E-state index contributed by atoms with van der Waals surface area (Å²) in [6.45, 7) is -0.211. The Hall–Kier alpha value is -3.72. The predicted molar refractivity (Wildman–Crippen MR) is 91.9 cm³/mol. The normalized spacial score (nSPS) is 10.3. The van der Waals surface area contributed by atoms with Crippen LogP contribution in [0, 0.1) is 0 Å². The first-order valence-corrected chi connectivity index (χ1v) is 7.38. The average molecular weight is 356 g/mol. The third kappa shape index (κ3) is 5.42. The summed E-state index contributed by atoms with van der Waals surface area (Å²) in [6.07, 6.45) is 1.42. The van der Waals surface area contributed by atoms with E-state index in [1.54, 1.807) is 24.3 Å². The van der Waals surface area contributed by atoms with E-state index in [9.17, 15) is 14.4 Å². The summed E-state index contributed by atoms with van der Waals surface area (Å²) in [7, 11) is 0. The number of carbonyl (C=O) groups excluding carboxylic acids is 3. The molecule has 0 heterocycles. The standard InChI is InChI=1S/C17H16N4O5/c18-15(22)10-26-14-6-4-11(5-7-14)9-19-20-16(23)12-2-1-3-13(8-12)17(24)21-25/h1-9,25H,10H2,(H2,18,22)(H,20,23)(H,21,24)/b19-9+. The van der Waals surface area contributed by atoms with Gasteiger partial charge in [-0.3, -0.25) is 19.6 Å². The van der Waals surface area contributed by atoms with Gasteiger partial charge in [0.1, 0.15) is 5.75 Å². The fraction of sp³-hybridized carbons (Fsp3) is 0.0588. The zero-order chi connectivity index (χ0) is 18.9. The van der Waals surface area contributed by atoms with Gasteiger partial charge >= 0.3 is 0 Å². The van der Waals surface area contributed by atoms with Crippen molar-refractivity contribution in [2.24, 2.45) is 10.8 Å². The maximum absolute atomic E-state index is 12.0. The van der Waals surface area contributed by atoms with Crippen LogP contribution in [-0.2, 0) is 4.79 Å². The van der Waals surface area contributed by atoms with Crippen molar-refractivity contribution in [3.8, 4) is 5.75 Å². The van der Waals surface area contributed by atoms with E-state index < -0.39 is 17.7 Å². The van der Waals surface area contributed by atoms with Gasteiger partial charge in [-0.1, -0.05) is 6.07 Å². The van der Waals surface area contributed by atoms with Gasteiger partial charge in [-0.05, 0) is 48.0 Å². The molecule has 0 saturated carbocycles. The number of hydroxylamine groups is 1. The van der Waals surface area contributed by atoms with E-state index >= 15 is 0 Å². The fourth-order valence-corrected chi connectivity index (χ4v) is 1.90. The summed E-state index contributed by atoms with van der Waals surface area (Å²) < 4.78 is 5.12. The van der Waals surface area contributed by atoms with E-state index in [0.717, 1.165) is 0 Å². The molecule has 26 heavy (non-hydrogen) atoms. The van der Waals surface area contributed by atoms with Crippen LogP contribution in [0.15, 0.2) is 53.6 Å². The fourth-order valence-electron chi connectivity index (χ4n) is 1.90. The van der Waals surface area contributed by atoms with Crippen LogP contribution in [0.3, 0.4) is 0 Å². The van der Waals surface area contributed by atoms with Gasteiger partial charge in [0.15, 0.2) is 6.61 Å². The van der Waals surface area contributed by atoms with Crippen LogP contribution in [0.2, 0.25) is 0 Å². The third-order valence-corrected chi connectivity index (χ3v) is 3.13. The van der Waals surface area contributed by atoms with Crippen LogP contribution in [-0.4, -0.2) is 35.8 Å². The topological polar surface area (TPSA) is 143 Å². The van der Waals surface area contributed by atoms with Crippen molar-refractivity contribution in [1.29, 1.82) is 0 Å². The van der Waals surface area contributed by atoms with Crippen LogP contribution < -0.4 is 21.4 Å². The number of nitrogens with one attached hydrogen (secondary N) is 2. The summed E-state index contributed by atoms with van der Waals surface area (Å²) in [4.78, 5) is 34.0. The van der Waals surface area contributed by atoms with Crippen molar-refractivity contribution >= 4 is 23.9 Å². The van der Waals surface area contributed by atoms with Crippen LogP contribution in [0.5, 0.6) is 5.75 Å². The molecule has 0 spiro atoms. The molecule has 0 atom stereocenters. The Morgan fingerprint density at radius 3 is 2.35 bits per heavy atom.